The summed E-state index contributed by atoms with van der Waals surface area (Å²) >= 11 is 0. The summed E-state index contributed by atoms with van der Waals surface area (Å²) in [5.74, 6) is -2.32. The molecule has 0 aliphatic carbocycles. The zero-order chi connectivity index (χ0) is 30.3. The number of anilines is 2. The topological polar surface area (TPSA) is 132 Å². The molecular formula is C26H36F3N5O5S. The average Bonchev–Trinajstić information content (AvgIpc) is 2.86. The Morgan fingerprint density at radius 3 is 2.17 bits per heavy atom. The van der Waals surface area contributed by atoms with Crippen LogP contribution in [0.25, 0.3) is 0 Å². The third-order valence-electron chi connectivity index (χ3n) is 6.08. The van der Waals surface area contributed by atoms with Crippen molar-refractivity contribution in [1.82, 2.24) is 15.2 Å². The standard InChI is InChI=1S/C24H35N5O3S.C2HF3O2/c1-6-7-10-28(5)24(30)21-15-20(16-26-23(21)29-11-8-25-9-12-29)27-33(31,32)22-18(3)13-17(2)14-19(22)4;3-2(4,5)1(6)7/h13-16,25,27H,6-12H2,1-5H3;(H,6,7). The Hall–Kier alpha value is -3.39. The Labute approximate surface area is 232 Å². The number of alkyl halides is 3. The number of hydrogen-bond acceptors (Lipinski definition) is 7. The van der Waals surface area contributed by atoms with E-state index in [2.05, 4.69) is 26.8 Å². The van der Waals surface area contributed by atoms with Gasteiger partial charge in [0.1, 0.15) is 5.82 Å². The van der Waals surface area contributed by atoms with E-state index < -0.39 is 22.2 Å². The molecule has 40 heavy (non-hydrogen) atoms. The Balaban J connectivity index is 0.000000708. The summed E-state index contributed by atoms with van der Waals surface area (Å²) in [6, 6.07) is 5.32. The van der Waals surface area contributed by atoms with Gasteiger partial charge in [-0.05, 0) is 44.4 Å². The largest absolute Gasteiger partial charge is 0.490 e. The number of hydrogen-bond donors (Lipinski definition) is 3. The van der Waals surface area contributed by atoms with E-state index in [-0.39, 0.29) is 16.5 Å². The van der Waals surface area contributed by atoms with Crippen molar-refractivity contribution in [1.29, 1.82) is 0 Å². The average molecular weight is 588 g/mol. The van der Waals surface area contributed by atoms with Crippen LogP contribution in [0.15, 0.2) is 29.3 Å². The van der Waals surface area contributed by atoms with Crippen molar-refractivity contribution >= 4 is 33.4 Å². The molecule has 3 rings (SSSR count). The zero-order valence-electron chi connectivity index (χ0n) is 23.2. The van der Waals surface area contributed by atoms with Gasteiger partial charge in [-0.3, -0.25) is 9.52 Å². The first-order valence-corrected chi connectivity index (χ1v) is 14.2. The van der Waals surface area contributed by atoms with Gasteiger partial charge < -0.3 is 20.2 Å². The molecule has 10 nitrogen and oxygen atoms in total. The predicted molar refractivity (Wildman–Crippen MR) is 146 cm³/mol. The van der Waals surface area contributed by atoms with Gasteiger partial charge in [0, 0.05) is 39.8 Å². The summed E-state index contributed by atoms with van der Waals surface area (Å²) in [5.41, 5.74) is 3.06. The van der Waals surface area contributed by atoms with Crippen LogP contribution in [0.2, 0.25) is 0 Å². The maximum absolute atomic E-state index is 13.3. The fourth-order valence-corrected chi connectivity index (χ4v) is 5.79. The van der Waals surface area contributed by atoms with Gasteiger partial charge in [-0.15, -0.1) is 0 Å². The SMILES string of the molecule is CCCCN(C)C(=O)c1cc(NS(=O)(=O)c2c(C)cc(C)cc2C)cnc1N1CCNCC1.O=C(O)C(F)(F)F. The van der Waals surface area contributed by atoms with Crippen LogP contribution in [-0.2, 0) is 14.8 Å². The highest BCUT2D eigenvalue weighted by molar-refractivity contribution is 7.92. The smallest absolute Gasteiger partial charge is 0.475 e. The molecule has 1 fully saturated rings. The second kappa shape index (κ2) is 13.8. The molecular weight excluding hydrogens is 551 g/mol. The van der Waals surface area contributed by atoms with Crippen molar-refractivity contribution in [3.63, 3.8) is 0 Å². The van der Waals surface area contributed by atoms with Crippen LogP contribution in [0, 0.1) is 20.8 Å². The molecule has 2 aromatic rings. The van der Waals surface area contributed by atoms with Gasteiger partial charge in [0.05, 0.1) is 22.3 Å². The highest BCUT2D eigenvalue weighted by Crippen LogP contribution is 2.27. The number of aryl methyl sites for hydroxylation is 3. The number of amides is 1. The van der Waals surface area contributed by atoms with E-state index >= 15 is 0 Å². The maximum atomic E-state index is 13.3. The molecule has 1 aromatic carbocycles. The summed E-state index contributed by atoms with van der Waals surface area (Å²) in [6.07, 6.45) is -1.71. The summed E-state index contributed by atoms with van der Waals surface area (Å²) in [6.45, 7) is 11.3. The minimum absolute atomic E-state index is 0.159. The number of carboxylic acid groups (broad SMARTS) is 1. The molecule has 2 heterocycles. The van der Waals surface area contributed by atoms with Crippen LogP contribution in [0.1, 0.15) is 46.8 Å². The van der Waals surface area contributed by atoms with Crippen LogP contribution < -0.4 is 14.9 Å². The van der Waals surface area contributed by atoms with Crippen molar-refractivity contribution in [3.05, 3.63) is 46.6 Å². The third-order valence-corrected chi connectivity index (χ3v) is 7.76. The van der Waals surface area contributed by atoms with Crippen LogP contribution in [0.3, 0.4) is 0 Å². The number of aliphatic carboxylic acids is 1. The Morgan fingerprint density at radius 2 is 1.68 bits per heavy atom. The van der Waals surface area contributed by atoms with E-state index in [0.717, 1.165) is 44.6 Å². The summed E-state index contributed by atoms with van der Waals surface area (Å²) < 4.78 is 60.9. The normalized spacial score (nSPS) is 13.8. The Bertz CT molecular complexity index is 1290. The number of nitrogens with zero attached hydrogens (tertiary/aromatic N) is 3. The molecule has 0 spiro atoms. The number of sulfonamides is 1. The molecule has 1 saturated heterocycles. The number of rotatable bonds is 8. The molecule has 14 heteroatoms. The van der Waals surface area contributed by atoms with E-state index in [1.807, 2.05) is 19.1 Å². The van der Waals surface area contributed by atoms with Gasteiger partial charge in [-0.25, -0.2) is 18.2 Å². The number of pyridine rings is 1. The van der Waals surface area contributed by atoms with Gasteiger partial charge in [0.25, 0.3) is 15.9 Å². The van der Waals surface area contributed by atoms with E-state index in [1.165, 1.54) is 6.20 Å². The lowest BCUT2D eigenvalue weighted by atomic mass is 10.1. The zero-order valence-corrected chi connectivity index (χ0v) is 24.0. The number of carbonyl (C=O) groups is 2. The van der Waals surface area contributed by atoms with Crippen molar-refractivity contribution in [2.75, 3.05) is 49.4 Å². The van der Waals surface area contributed by atoms with Crippen molar-refractivity contribution in [2.24, 2.45) is 0 Å². The summed E-state index contributed by atoms with van der Waals surface area (Å²) in [7, 11) is -2.07. The van der Waals surface area contributed by atoms with Crippen LogP contribution in [0.4, 0.5) is 24.7 Å². The lowest BCUT2D eigenvalue weighted by molar-refractivity contribution is -0.192. The first-order chi connectivity index (χ1) is 18.6. The molecule has 1 aromatic heterocycles. The van der Waals surface area contributed by atoms with Crippen LogP contribution in [0.5, 0.6) is 0 Å². The fourth-order valence-electron chi connectivity index (χ4n) is 4.30. The molecule has 0 unspecified atom stereocenters. The molecule has 0 bridgehead atoms. The van der Waals surface area contributed by atoms with Gasteiger partial charge >= 0.3 is 12.1 Å². The minimum atomic E-state index is -5.08. The van der Waals surface area contributed by atoms with Gasteiger partial charge in [0.15, 0.2) is 0 Å². The Morgan fingerprint density at radius 1 is 1.12 bits per heavy atom. The van der Waals surface area contributed by atoms with Gasteiger partial charge in [-0.1, -0.05) is 31.0 Å². The number of carboxylic acids is 1. The molecule has 3 N–H and O–H groups in total. The number of nitrogens with one attached hydrogen (secondary N) is 2. The lowest BCUT2D eigenvalue weighted by Gasteiger charge is -2.30. The fraction of sp³-hybridized carbons (Fsp3) is 0.500. The molecule has 222 valence electrons. The highest BCUT2D eigenvalue weighted by Gasteiger charge is 2.38. The monoisotopic (exact) mass is 587 g/mol. The van der Waals surface area contributed by atoms with Crippen molar-refractivity contribution in [2.45, 2.75) is 51.6 Å². The number of benzene rings is 1. The summed E-state index contributed by atoms with van der Waals surface area (Å²) in [4.78, 5) is 30.8. The third kappa shape index (κ3) is 8.81. The second-order valence-corrected chi connectivity index (χ2v) is 11.2. The quantitative estimate of drug-likeness (QED) is 0.426. The minimum Gasteiger partial charge on any atom is -0.475 e. The first kappa shape index (κ1) is 32.8. The highest BCUT2D eigenvalue weighted by atomic mass is 32.2. The number of unbranched alkanes of at least 4 members (excludes halogenated alkanes) is 1. The van der Waals surface area contributed by atoms with E-state index in [4.69, 9.17) is 9.90 Å². The molecule has 0 radical (unpaired) electrons. The van der Waals surface area contributed by atoms with E-state index in [1.54, 1.807) is 31.9 Å². The number of halogens is 3. The molecule has 1 aliphatic rings. The van der Waals surface area contributed by atoms with Crippen molar-refractivity contribution < 1.29 is 36.3 Å². The van der Waals surface area contributed by atoms with Crippen LogP contribution in [-0.4, -0.2) is 81.2 Å². The van der Waals surface area contributed by atoms with E-state index in [9.17, 15) is 26.4 Å². The molecule has 1 amide bonds. The predicted octanol–water partition coefficient (Wildman–Crippen LogP) is 3.72. The summed E-state index contributed by atoms with van der Waals surface area (Å²) in [5, 5.41) is 10.4. The number of aromatic nitrogens is 1. The number of piperazine rings is 1. The maximum Gasteiger partial charge on any atom is 0.490 e. The molecule has 1 aliphatic heterocycles. The Kier molecular flexibility index (Phi) is 11.3. The van der Waals surface area contributed by atoms with Crippen molar-refractivity contribution in [3.8, 4) is 0 Å². The van der Waals surface area contributed by atoms with Crippen LogP contribution >= 0.6 is 0 Å². The van der Waals surface area contributed by atoms with E-state index in [0.29, 0.717) is 29.1 Å². The van der Waals surface area contributed by atoms with Gasteiger partial charge in [-0.2, -0.15) is 13.2 Å². The second-order valence-electron chi connectivity index (χ2n) is 9.55. The number of carbonyl (C=O) groups excluding carboxylic acids is 1. The molecule has 0 saturated carbocycles. The first-order valence-electron chi connectivity index (χ1n) is 12.7. The lowest BCUT2D eigenvalue weighted by Crippen LogP contribution is -2.45. The molecule has 0 atom stereocenters. The van der Waals surface area contributed by atoms with Gasteiger partial charge in [0.2, 0.25) is 0 Å².